The molecule has 0 atom stereocenters. The van der Waals surface area contributed by atoms with Gasteiger partial charge in [0.15, 0.2) is 0 Å². The van der Waals surface area contributed by atoms with Gasteiger partial charge in [-0.25, -0.2) is 8.78 Å². The number of rotatable bonds is 5. The zero-order valence-corrected chi connectivity index (χ0v) is 12.1. The molecule has 2 aromatic rings. The summed E-state index contributed by atoms with van der Waals surface area (Å²) in [6, 6.07) is 9.15. The van der Waals surface area contributed by atoms with E-state index in [1.165, 1.54) is 12.1 Å². The topological polar surface area (TPSA) is 29.1 Å². The number of amides is 1. The maximum Gasteiger partial charge on any atom is 0.207 e. The predicted octanol–water partition coefficient (Wildman–Crippen LogP) is 3.62. The Morgan fingerprint density at radius 1 is 1.24 bits per heavy atom. The minimum atomic E-state index is -0.459. The minimum Gasteiger partial charge on any atom is -0.354 e. The normalized spacial score (nSPS) is 10.2. The van der Waals surface area contributed by atoms with Gasteiger partial charge in [0.05, 0.1) is 0 Å². The molecule has 0 bridgehead atoms. The largest absolute Gasteiger partial charge is 0.354 e. The van der Waals surface area contributed by atoms with Crippen molar-refractivity contribution in [2.75, 3.05) is 0 Å². The van der Waals surface area contributed by atoms with E-state index in [0.717, 1.165) is 0 Å². The fourth-order valence-electron chi connectivity index (χ4n) is 2.13. The molecule has 1 N–H and O–H groups in total. The number of nitrogens with one attached hydrogen (secondary N) is 1. The van der Waals surface area contributed by atoms with Gasteiger partial charge in [-0.1, -0.05) is 36.5 Å². The zero-order chi connectivity index (χ0) is 15.4. The highest BCUT2D eigenvalue weighted by Crippen LogP contribution is 2.28. The smallest absolute Gasteiger partial charge is 0.207 e. The van der Waals surface area contributed by atoms with Gasteiger partial charge in [-0.15, -0.1) is 0 Å². The summed E-state index contributed by atoms with van der Waals surface area (Å²) in [5.41, 5.74) is 1.77. The lowest BCUT2D eigenvalue weighted by molar-refractivity contribution is -0.109. The third-order valence-corrected chi connectivity index (χ3v) is 3.31. The van der Waals surface area contributed by atoms with Gasteiger partial charge in [0.1, 0.15) is 11.6 Å². The maximum atomic E-state index is 14.0. The van der Waals surface area contributed by atoms with E-state index >= 15 is 0 Å². The average Bonchev–Trinajstić information content (AvgIpc) is 2.45. The molecule has 0 saturated heterocycles. The molecule has 0 unspecified atom stereocenters. The van der Waals surface area contributed by atoms with Crippen molar-refractivity contribution in [3.8, 4) is 11.1 Å². The highest BCUT2D eigenvalue weighted by Gasteiger charge is 2.13. The lowest BCUT2D eigenvalue weighted by atomic mass is 9.96. The average molecular weight is 305 g/mol. The number of carbonyl (C=O) groups excluding carboxylic acids is 1. The summed E-state index contributed by atoms with van der Waals surface area (Å²) < 4.78 is 27.9. The van der Waals surface area contributed by atoms with E-state index in [1.807, 2.05) is 0 Å². The molecular weight excluding hydrogens is 292 g/mol. The van der Waals surface area contributed by atoms with Crippen molar-refractivity contribution < 1.29 is 13.6 Å². The summed E-state index contributed by atoms with van der Waals surface area (Å²) >= 11 is 5.07. The van der Waals surface area contributed by atoms with E-state index in [1.54, 1.807) is 31.2 Å². The lowest BCUT2D eigenvalue weighted by Crippen LogP contribution is -2.11. The van der Waals surface area contributed by atoms with Gasteiger partial charge >= 0.3 is 0 Å². The summed E-state index contributed by atoms with van der Waals surface area (Å²) in [7, 11) is 0. The van der Waals surface area contributed by atoms with E-state index in [4.69, 9.17) is 12.2 Å². The van der Waals surface area contributed by atoms with E-state index in [9.17, 15) is 13.6 Å². The monoisotopic (exact) mass is 305 g/mol. The van der Waals surface area contributed by atoms with Crippen LogP contribution in [0.25, 0.3) is 11.1 Å². The number of benzene rings is 2. The molecule has 21 heavy (non-hydrogen) atoms. The number of thiocarbonyl (C=S) groups is 1. The van der Waals surface area contributed by atoms with E-state index in [2.05, 4.69) is 5.32 Å². The minimum absolute atomic E-state index is 0.109. The first kappa shape index (κ1) is 15.3. The Balaban J connectivity index is 2.48. The van der Waals surface area contributed by atoms with Crippen molar-refractivity contribution in [3.05, 3.63) is 59.2 Å². The van der Waals surface area contributed by atoms with Crippen LogP contribution in [-0.4, -0.2) is 11.3 Å². The molecule has 2 aromatic carbocycles. The summed E-state index contributed by atoms with van der Waals surface area (Å²) in [5, 5.41) is 2.40. The number of carbonyl (C=O) groups is 1. The van der Waals surface area contributed by atoms with Crippen LogP contribution in [0.2, 0.25) is 0 Å². The lowest BCUT2D eigenvalue weighted by Gasteiger charge is -2.11. The second kappa shape index (κ2) is 6.54. The van der Waals surface area contributed by atoms with Gasteiger partial charge in [0.25, 0.3) is 0 Å². The molecule has 0 aliphatic rings. The van der Waals surface area contributed by atoms with Crippen LogP contribution in [0.15, 0.2) is 36.4 Å². The first-order valence-corrected chi connectivity index (χ1v) is 6.70. The molecule has 0 fully saturated rings. The molecule has 2 rings (SSSR count). The third kappa shape index (κ3) is 3.31. The van der Waals surface area contributed by atoms with Crippen molar-refractivity contribution in [2.45, 2.75) is 13.5 Å². The SMILES string of the molecule is CC(=S)c1c(F)cccc1-c1ccc(CNC=O)c(F)c1. The van der Waals surface area contributed by atoms with E-state index in [0.29, 0.717) is 33.5 Å². The molecule has 0 spiro atoms. The predicted molar refractivity (Wildman–Crippen MR) is 82.1 cm³/mol. The van der Waals surface area contributed by atoms with Crippen molar-refractivity contribution >= 4 is 23.5 Å². The van der Waals surface area contributed by atoms with Crippen molar-refractivity contribution in [1.29, 1.82) is 0 Å². The van der Waals surface area contributed by atoms with Gasteiger partial charge in [0, 0.05) is 22.5 Å². The molecule has 2 nitrogen and oxygen atoms in total. The molecular formula is C16H13F2NOS. The third-order valence-electron chi connectivity index (χ3n) is 3.11. The van der Waals surface area contributed by atoms with Crippen LogP contribution in [0.1, 0.15) is 18.1 Å². The molecule has 0 aliphatic heterocycles. The van der Waals surface area contributed by atoms with Crippen LogP contribution in [0.4, 0.5) is 8.78 Å². The second-order valence-corrected chi connectivity index (χ2v) is 5.14. The molecule has 0 aromatic heterocycles. The Bertz CT molecular complexity index is 701. The summed E-state index contributed by atoms with van der Waals surface area (Å²) in [6.07, 6.45) is 0.507. The zero-order valence-electron chi connectivity index (χ0n) is 11.3. The van der Waals surface area contributed by atoms with Crippen LogP contribution < -0.4 is 5.32 Å². The van der Waals surface area contributed by atoms with Gasteiger partial charge < -0.3 is 5.32 Å². The van der Waals surface area contributed by atoms with Crippen molar-refractivity contribution in [3.63, 3.8) is 0 Å². The molecule has 5 heteroatoms. The fraction of sp³-hybridized carbons (Fsp3) is 0.125. The van der Waals surface area contributed by atoms with Crippen LogP contribution >= 0.6 is 12.2 Å². The molecule has 108 valence electrons. The first-order valence-electron chi connectivity index (χ1n) is 6.30. The highest BCUT2D eigenvalue weighted by molar-refractivity contribution is 7.80. The van der Waals surface area contributed by atoms with Gasteiger partial charge in [-0.3, -0.25) is 4.79 Å². The Kier molecular flexibility index (Phi) is 4.75. The fourth-order valence-corrected chi connectivity index (χ4v) is 2.34. The summed E-state index contributed by atoms with van der Waals surface area (Å²) in [5.74, 6) is -0.883. The van der Waals surface area contributed by atoms with Gasteiger partial charge in [-0.05, 0) is 30.2 Å². The maximum absolute atomic E-state index is 14.0. The molecule has 0 saturated carbocycles. The van der Waals surface area contributed by atoms with Crippen LogP contribution in [0, 0.1) is 11.6 Å². The molecule has 0 heterocycles. The second-order valence-electron chi connectivity index (χ2n) is 4.52. The standard InChI is InChI=1S/C16H13F2NOS/c1-10(21)16-13(3-2-4-14(16)17)11-5-6-12(8-19-9-20)15(18)7-11/h2-7,9H,8H2,1H3,(H,19,20). The van der Waals surface area contributed by atoms with E-state index < -0.39 is 11.6 Å². The van der Waals surface area contributed by atoms with Crippen LogP contribution in [0.3, 0.4) is 0 Å². The van der Waals surface area contributed by atoms with Crippen molar-refractivity contribution in [2.24, 2.45) is 0 Å². The van der Waals surface area contributed by atoms with Crippen LogP contribution in [-0.2, 0) is 11.3 Å². The summed E-state index contributed by atoms with van der Waals surface area (Å²) in [6.45, 7) is 1.74. The molecule has 1 amide bonds. The van der Waals surface area contributed by atoms with Crippen LogP contribution in [0.5, 0.6) is 0 Å². The van der Waals surface area contributed by atoms with E-state index in [-0.39, 0.29) is 6.54 Å². The Hall–Kier alpha value is -2.14. The Labute approximate surface area is 126 Å². The van der Waals surface area contributed by atoms with Gasteiger partial charge in [-0.2, -0.15) is 0 Å². The highest BCUT2D eigenvalue weighted by atomic mass is 32.1. The number of hydrogen-bond donors (Lipinski definition) is 1. The van der Waals surface area contributed by atoms with Crippen molar-refractivity contribution in [1.82, 2.24) is 5.32 Å². The molecule has 0 radical (unpaired) electrons. The Morgan fingerprint density at radius 3 is 2.62 bits per heavy atom. The molecule has 0 aliphatic carbocycles. The quantitative estimate of drug-likeness (QED) is 0.519. The summed E-state index contributed by atoms with van der Waals surface area (Å²) in [4.78, 5) is 10.7. The Morgan fingerprint density at radius 2 is 2.00 bits per heavy atom. The number of hydrogen-bond acceptors (Lipinski definition) is 2. The first-order chi connectivity index (χ1) is 10.0. The van der Waals surface area contributed by atoms with Gasteiger partial charge in [0.2, 0.25) is 6.41 Å². The number of halogens is 2.